The Labute approximate surface area is 176 Å². The van der Waals surface area contributed by atoms with Gasteiger partial charge in [-0.3, -0.25) is 4.79 Å². The molecule has 158 valence electrons. The average Bonchev–Trinajstić information content (AvgIpc) is 3.19. The molecule has 1 aliphatic rings. The van der Waals surface area contributed by atoms with Crippen LogP contribution in [0.1, 0.15) is 55.4 Å². The topological polar surface area (TPSA) is 109 Å². The molecule has 1 amide bonds. The Bertz CT molecular complexity index is 1160. The minimum atomic E-state index is -3.74. The van der Waals surface area contributed by atoms with Crippen molar-refractivity contribution in [3.8, 4) is 0 Å². The number of amides is 1. The number of hydrogen-bond acceptors (Lipinski definition) is 5. The van der Waals surface area contributed by atoms with E-state index in [1.165, 1.54) is 0 Å². The number of sulfonamides is 1. The van der Waals surface area contributed by atoms with E-state index in [2.05, 4.69) is 9.97 Å². The van der Waals surface area contributed by atoms with Crippen molar-refractivity contribution in [2.24, 2.45) is 5.73 Å². The van der Waals surface area contributed by atoms with Gasteiger partial charge in [0.2, 0.25) is 15.9 Å². The van der Waals surface area contributed by atoms with Crippen molar-refractivity contribution in [3.63, 3.8) is 0 Å². The molecule has 2 aromatic carbocycles. The highest BCUT2D eigenvalue weighted by Crippen LogP contribution is 2.40. The van der Waals surface area contributed by atoms with E-state index in [0.29, 0.717) is 17.8 Å². The quantitative estimate of drug-likeness (QED) is 0.666. The second-order valence-electron chi connectivity index (χ2n) is 8.76. The van der Waals surface area contributed by atoms with Crippen molar-refractivity contribution in [2.45, 2.75) is 50.4 Å². The van der Waals surface area contributed by atoms with Gasteiger partial charge in [-0.25, -0.2) is 17.7 Å². The summed E-state index contributed by atoms with van der Waals surface area (Å²) in [7, 11) is -3.74. The van der Waals surface area contributed by atoms with Gasteiger partial charge in [0.05, 0.1) is 29.0 Å². The zero-order chi connectivity index (χ0) is 21.7. The van der Waals surface area contributed by atoms with Gasteiger partial charge in [-0.05, 0) is 50.5 Å². The number of nitrogens with zero attached hydrogens (tertiary/aromatic N) is 2. The highest BCUT2D eigenvalue weighted by Gasteiger charge is 2.49. The highest BCUT2D eigenvalue weighted by atomic mass is 32.2. The predicted octanol–water partition coefficient (Wildman–Crippen LogP) is 3.21. The third kappa shape index (κ3) is 3.61. The first-order chi connectivity index (χ1) is 14.1. The van der Waals surface area contributed by atoms with Crippen LogP contribution >= 0.6 is 0 Å². The van der Waals surface area contributed by atoms with E-state index in [4.69, 9.17) is 5.73 Å². The Morgan fingerprint density at radius 2 is 1.83 bits per heavy atom. The normalized spacial score (nSPS) is 20.1. The Kier molecular flexibility index (Phi) is 4.94. The number of rotatable bonds is 4. The monoisotopic (exact) mass is 426 g/mol. The van der Waals surface area contributed by atoms with Crippen molar-refractivity contribution >= 4 is 27.0 Å². The average molecular weight is 427 g/mol. The minimum Gasteiger partial charge on any atom is -0.341 e. The van der Waals surface area contributed by atoms with Crippen LogP contribution in [0.4, 0.5) is 0 Å². The van der Waals surface area contributed by atoms with Crippen LogP contribution in [0, 0.1) is 0 Å². The maximum Gasteiger partial charge on any atom is 0.245 e. The molecule has 30 heavy (non-hydrogen) atoms. The number of aromatic nitrogens is 2. The zero-order valence-electron chi connectivity index (χ0n) is 17.3. The molecule has 0 unspecified atom stereocenters. The van der Waals surface area contributed by atoms with Gasteiger partial charge < -0.3 is 10.7 Å². The molecule has 0 aliphatic carbocycles. The van der Waals surface area contributed by atoms with Gasteiger partial charge in [-0.2, -0.15) is 0 Å². The number of carbonyl (C=O) groups excluding carboxylic acids is 1. The standard InChI is InChI=1S/C22H26N4O3S/c1-22(2,3)26-20(27)13-19(30(26,28)29)15-10-8-14(9-11-15)12-16(23)21-24-17-6-4-5-7-18(17)25-21/h4-11,16,19H,12-13,23H2,1-3H3,(H,24,25)/t16-,19-/m0/s1. The number of nitrogens with two attached hydrogens (primary N) is 1. The molecule has 3 N–H and O–H groups in total. The van der Waals surface area contributed by atoms with E-state index in [0.717, 1.165) is 20.9 Å². The van der Waals surface area contributed by atoms with Gasteiger partial charge in [0, 0.05) is 0 Å². The van der Waals surface area contributed by atoms with E-state index in [-0.39, 0.29) is 18.4 Å². The van der Waals surface area contributed by atoms with Gasteiger partial charge in [-0.15, -0.1) is 0 Å². The van der Waals surface area contributed by atoms with E-state index >= 15 is 0 Å². The lowest BCUT2D eigenvalue weighted by molar-refractivity contribution is -0.128. The first kappa shape index (κ1) is 20.6. The highest BCUT2D eigenvalue weighted by molar-refractivity contribution is 7.90. The van der Waals surface area contributed by atoms with Crippen LogP contribution in [0.15, 0.2) is 48.5 Å². The molecular formula is C22H26N4O3S. The van der Waals surface area contributed by atoms with Crippen LogP contribution in [0.5, 0.6) is 0 Å². The van der Waals surface area contributed by atoms with Crippen LogP contribution in [0.3, 0.4) is 0 Å². The number of hydrogen-bond donors (Lipinski definition) is 2. The fourth-order valence-electron chi connectivity index (χ4n) is 4.03. The maximum atomic E-state index is 13.0. The van der Waals surface area contributed by atoms with Crippen molar-refractivity contribution in [1.82, 2.24) is 14.3 Å². The number of benzene rings is 2. The number of H-pyrrole nitrogens is 1. The number of para-hydroxylation sites is 2. The summed E-state index contributed by atoms with van der Waals surface area (Å²) in [4.78, 5) is 20.2. The number of carbonyl (C=O) groups is 1. The summed E-state index contributed by atoms with van der Waals surface area (Å²) in [6.45, 7) is 5.19. The smallest absolute Gasteiger partial charge is 0.245 e. The summed E-state index contributed by atoms with van der Waals surface area (Å²) in [5, 5.41) is -0.845. The molecule has 2 heterocycles. The molecule has 0 spiro atoms. The number of imidazole rings is 1. The third-order valence-electron chi connectivity index (χ3n) is 5.38. The molecule has 1 saturated heterocycles. The minimum absolute atomic E-state index is 0.0303. The summed E-state index contributed by atoms with van der Waals surface area (Å²) >= 11 is 0. The summed E-state index contributed by atoms with van der Waals surface area (Å²) in [6.07, 6.45) is 0.530. The van der Waals surface area contributed by atoms with Crippen molar-refractivity contribution in [2.75, 3.05) is 0 Å². The molecule has 1 fully saturated rings. The van der Waals surface area contributed by atoms with Gasteiger partial charge in [-0.1, -0.05) is 36.4 Å². The van der Waals surface area contributed by atoms with E-state index in [1.54, 1.807) is 32.9 Å². The molecule has 0 radical (unpaired) electrons. The molecule has 1 aliphatic heterocycles. The Hall–Kier alpha value is -2.71. The maximum absolute atomic E-state index is 13.0. The largest absolute Gasteiger partial charge is 0.341 e. The molecule has 1 aromatic heterocycles. The summed E-state index contributed by atoms with van der Waals surface area (Å²) in [6, 6.07) is 14.8. The van der Waals surface area contributed by atoms with E-state index < -0.39 is 20.8 Å². The number of nitrogens with one attached hydrogen (secondary N) is 1. The fraction of sp³-hybridized carbons (Fsp3) is 0.364. The summed E-state index contributed by atoms with van der Waals surface area (Å²) in [5.74, 6) is 0.355. The molecule has 3 aromatic rings. The number of fused-ring (bicyclic) bond motifs is 1. The Morgan fingerprint density at radius 3 is 2.43 bits per heavy atom. The molecule has 8 heteroatoms. The summed E-state index contributed by atoms with van der Waals surface area (Å²) < 4.78 is 26.9. The lowest BCUT2D eigenvalue weighted by Crippen LogP contribution is -2.45. The summed E-state index contributed by atoms with van der Waals surface area (Å²) in [5.41, 5.74) is 8.97. The lowest BCUT2D eigenvalue weighted by Gasteiger charge is -2.30. The van der Waals surface area contributed by atoms with Crippen molar-refractivity contribution in [3.05, 3.63) is 65.5 Å². The van der Waals surface area contributed by atoms with Gasteiger partial charge in [0.15, 0.2) is 0 Å². The van der Waals surface area contributed by atoms with Crippen LogP contribution in [-0.2, 0) is 21.2 Å². The van der Waals surface area contributed by atoms with Crippen LogP contribution < -0.4 is 5.73 Å². The van der Waals surface area contributed by atoms with Crippen molar-refractivity contribution in [1.29, 1.82) is 0 Å². The van der Waals surface area contributed by atoms with Gasteiger partial charge in [0.25, 0.3) is 0 Å². The fourth-order valence-corrected chi connectivity index (χ4v) is 6.26. The molecule has 4 rings (SSSR count). The molecule has 0 bridgehead atoms. The first-order valence-corrected chi connectivity index (χ1v) is 11.4. The van der Waals surface area contributed by atoms with Crippen LogP contribution in [0.2, 0.25) is 0 Å². The van der Waals surface area contributed by atoms with Gasteiger partial charge >= 0.3 is 0 Å². The molecule has 2 atom stereocenters. The Balaban J connectivity index is 1.52. The first-order valence-electron chi connectivity index (χ1n) is 9.93. The second-order valence-corrected chi connectivity index (χ2v) is 10.7. The van der Waals surface area contributed by atoms with Gasteiger partial charge in [0.1, 0.15) is 11.1 Å². The van der Waals surface area contributed by atoms with Crippen molar-refractivity contribution < 1.29 is 13.2 Å². The van der Waals surface area contributed by atoms with Crippen LogP contribution in [0.25, 0.3) is 11.0 Å². The zero-order valence-corrected chi connectivity index (χ0v) is 18.1. The van der Waals surface area contributed by atoms with Crippen LogP contribution in [-0.4, -0.2) is 34.1 Å². The molecule has 7 nitrogen and oxygen atoms in total. The lowest BCUT2D eigenvalue weighted by atomic mass is 10.0. The van der Waals surface area contributed by atoms with E-state index in [9.17, 15) is 13.2 Å². The third-order valence-corrected chi connectivity index (χ3v) is 7.79. The molecular weight excluding hydrogens is 400 g/mol. The SMILES string of the molecule is CC(C)(C)N1C(=O)C[C@@H](c2ccc(C[C@H](N)c3nc4ccccc4[nH]3)cc2)S1(=O)=O. The number of aromatic amines is 1. The van der Waals surface area contributed by atoms with E-state index in [1.807, 2.05) is 36.4 Å². The second kappa shape index (κ2) is 7.21. The molecule has 0 saturated carbocycles. The Morgan fingerprint density at radius 1 is 1.17 bits per heavy atom. The predicted molar refractivity (Wildman–Crippen MR) is 116 cm³/mol.